The van der Waals surface area contributed by atoms with Crippen LogP contribution in [0.2, 0.25) is 0 Å². The number of aliphatic hydroxyl groups is 5. The molecule has 11 atom stereocenters. The lowest BCUT2D eigenvalue weighted by molar-refractivity contribution is -0.277. The second-order valence-corrected chi connectivity index (χ2v) is 12.8. The number of carbonyl (C=O) groups excluding carboxylic acids is 2. The Labute approximate surface area is 227 Å². The van der Waals surface area contributed by atoms with E-state index in [1.165, 1.54) is 6.92 Å². The molecule has 216 valence electrons. The summed E-state index contributed by atoms with van der Waals surface area (Å²) in [5.74, 6) is -1.22. The number of phenolic OH excluding ortho intramolecular Hbond substituents is 1. The first-order chi connectivity index (χ1) is 18.1. The van der Waals surface area contributed by atoms with Gasteiger partial charge in [0.1, 0.15) is 36.0 Å². The Kier molecular flexibility index (Phi) is 6.73. The molecule has 5 rings (SSSR count). The van der Waals surface area contributed by atoms with Crippen molar-refractivity contribution in [2.75, 3.05) is 6.61 Å². The highest BCUT2D eigenvalue weighted by atomic mass is 16.7. The molecule has 10 nitrogen and oxygen atoms in total. The second kappa shape index (κ2) is 9.22. The van der Waals surface area contributed by atoms with E-state index >= 15 is 0 Å². The summed E-state index contributed by atoms with van der Waals surface area (Å²) >= 11 is 0. The highest BCUT2D eigenvalue weighted by Crippen LogP contribution is 2.70. The molecule has 39 heavy (non-hydrogen) atoms. The summed E-state index contributed by atoms with van der Waals surface area (Å²) in [6, 6.07) is 1.59. The number of hydrogen-bond donors (Lipinski definition) is 6. The molecule has 0 radical (unpaired) electrons. The van der Waals surface area contributed by atoms with Gasteiger partial charge in [-0.3, -0.25) is 9.59 Å². The van der Waals surface area contributed by atoms with Crippen molar-refractivity contribution < 1.29 is 49.7 Å². The first-order valence-corrected chi connectivity index (χ1v) is 13.7. The molecule has 10 heteroatoms. The van der Waals surface area contributed by atoms with E-state index in [4.69, 9.17) is 9.47 Å². The zero-order valence-electron chi connectivity index (χ0n) is 23.0. The smallest absolute Gasteiger partial charge is 0.229 e. The van der Waals surface area contributed by atoms with Crippen LogP contribution in [0, 0.1) is 29.6 Å². The van der Waals surface area contributed by atoms with Crippen LogP contribution < -0.4 is 4.74 Å². The van der Waals surface area contributed by atoms with Gasteiger partial charge < -0.3 is 40.1 Å². The summed E-state index contributed by atoms with van der Waals surface area (Å²) in [7, 11) is 0. The third-order valence-corrected chi connectivity index (χ3v) is 11.0. The number of hydrogen-bond acceptors (Lipinski definition) is 10. The van der Waals surface area contributed by atoms with Gasteiger partial charge in [-0.25, -0.2) is 0 Å². The van der Waals surface area contributed by atoms with Crippen LogP contribution in [0.1, 0.15) is 63.6 Å². The Bertz CT molecular complexity index is 1200. The van der Waals surface area contributed by atoms with E-state index < -0.39 is 65.6 Å². The predicted molar refractivity (Wildman–Crippen MR) is 137 cm³/mol. The highest BCUT2D eigenvalue weighted by Gasteiger charge is 2.71. The van der Waals surface area contributed by atoms with Crippen LogP contribution in [-0.2, 0) is 26.2 Å². The molecule has 0 amide bonds. The number of aromatic hydroxyl groups is 1. The maximum Gasteiger partial charge on any atom is 0.229 e. The molecule has 0 bridgehead atoms. The Morgan fingerprint density at radius 1 is 1.10 bits per heavy atom. The van der Waals surface area contributed by atoms with E-state index in [0.29, 0.717) is 30.4 Å². The normalized spacial score (nSPS) is 45.3. The number of benzene rings is 1. The molecular formula is C29H40O10. The summed E-state index contributed by atoms with van der Waals surface area (Å²) in [6.07, 6.45) is -6.63. The Hall–Kier alpha value is -2.08. The molecule has 1 heterocycles. The van der Waals surface area contributed by atoms with Crippen molar-refractivity contribution in [2.45, 2.75) is 103 Å². The summed E-state index contributed by atoms with van der Waals surface area (Å²) in [5, 5.41) is 62.4. The Balaban J connectivity index is 1.58. The van der Waals surface area contributed by atoms with E-state index in [9.17, 15) is 40.2 Å². The summed E-state index contributed by atoms with van der Waals surface area (Å²) in [5.41, 5.74) is -0.159. The van der Waals surface area contributed by atoms with Gasteiger partial charge in [-0.15, -0.1) is 0 Å². The summed E-state index contributed by atoms with van der Waals surface area (Å²) < 4.78 is 11.3. The van der Waals surface area contributed by atoms with Crippen LogP contribution in [-0.4, -0.2) is 85.6 Å². The number of fused-ring (bicyclic) bond motifs is 5. The third kappa shape index (κ3) is 3.68. The molecule has 1 saturated heterocycles. The lowest BCUT2D eigenvalue weighted by atomic mass is 9.42. The van der Waals surface area contributed by atoms with E-state index in [-0.39, 0.29) is 35.4 Å². The van der Waals surface area contributed by atoms with Crippen LogP contribution in [0.15, 0.2) is 6.07 Å². The zero-order valence-corrected chi connectivity index (χ0v) is 23.0. The molecule has 3 fully saturated rings. The first kappa shape index (κ1) is 28.4. The predicted octanol–water partition coefficient (Wildman–Crippen LogP) is 0.655. The van der Waals surface area contributed by atoms with Gasteiger partial charge in [0, 0.05) is 12.3 Å². The second-order valence-electron chi connectivity index (χ2n) is 12.8. The molecule has 6 N–H and O–H groups in total. The van der Waals surface area contributed by atoms with Crippen molar-refractivity contribution in [3.8, 4) is 11.5 Å². The molecule has 0 spiro atoms. The van der Waals surface area contributed by atoms with Crippen molar-refractivity contribution in [3.63, 3.8) is 0 Å². The molecule has 0 unspecified atom stereocenters. The number of ketones is 2. The molecule has 0 aromatic heterocycles. The molecule has 4 aliphatic rings. The fraction of sp³-hybridized carbons (Fsp3) is 0.724. The monoisotopic (exact) mass is 548 g/mol. The molecule has 2 saturated carbocycles. The Morgan fingerprint density at radius 2 is 1.77 bits per heavy atom. The largest absolute Gasteiger partial charge is 0.504 e. The summed E-state index contributed by atoms with van der Waals surface area (Å²) in [4.78, 5) is 26.8. The van der Waals surface area contributed by atoms with Crippen LogP contribution in [0.5, 0.6) is 11.5 Å². The number of rotatable bonds is 4. The number of ether oxygens (including phenoxy) is 2. The number of phenols is 1. The van der Waals surface area contributed by atoms with E-state index in [1.807, 2.05) is 13.8 Å². The van der Waals surface area contributed by atoms with Crippen molar-refractivity contribution in [1.29, 1.82) is 0 Å². The lowest BCUT2D eigenvalue weighted by Gasteiger charge is -2.60. The summed E-state index contributed by atoms with van der Waals surface area (Å²) in [6.45, 7) is 8.51. The fourth-order valence-corrected chi connectivity index (χ4v) is 8.70. The lowest BCUT2D eigenvalue weighted by Crippen LogP contribution is -2.61. The van der Waals surface area contributed by atoms with E-state index in [0.717, 1.165) is 5.56 Å². The van der Waals surface area contributed by atoms with Crippen molar-refractivity contribution in [1.82, 2.24) is 0 Å². The maximum atomic E-state index is 14.1. The SMILES string of the molecule is CC(=O)[C@H]1[C@H](O)C[C@@]2(C)[C@@H]3CCc4c(cc(O[C@@H]5O[C@H](CO)[C@@H](O)[C@H](O)[C@H]5O)c(O)c4C)[C@]3(C)C(=O)C[C@]12C. The van der Waals surface area contributed by atoms with Crippen LogP contribution in [0.4, 0.5) is 0 Å². The van der Waals surface area contributed by atoms with Gasteiger partial charge in [0.05, 0.1) is 18.1 Å². The van der Waals surface area contributed by atoms with Crippen LogP contribution >= 0.6 is 0 Å². The van der Waals surface area contributed by atoms with E-state index in [2.05, 4.69) is 6.92 Å². The minimum Gasteiger partial charge on any atom is -0.504 e. The minimum absolute atomic E-state index is 0.0438. The van der Waals surface area contributed by atoms with Gasteiger partial charge in [-0.2, -0.15) is 0 Å². The van der Waals surface area contributed by atoms with Crippen molar-refractivity contribution >= 4 is 11.6 Å². The van der Waals surface area contributed by atoms with Crippen LogP contribution in [0.3, 0.4) is 0 Å². The third-order valence-electron chi connectivity index (χ3n) is 11.0. The molecule has 1 aromatic rings. The first-order valence-electron chi connectivity index (χ1n) is 13.7. The maximum absolute atomic E-state index is 14.1. The number of carbonyl (C=O) groups is 2. The number of Topliss-reactive ketones (excluding diaryl/α,β-unsaturated/α-hetero) is 2. The molecule has 3 aliphatic carbocycles. The van der Waals surface area contributed by atoms with Gasteiger partial charge in [-0.1, -0.05) is 13.8 Å². The Morgan fingerprint density at radius 3 is 2.38 bits per heavy atom. The van der Waals surface area contributed by atoms with Crippen LogP contribution in [0.25, 0.3) is 0 Å². The zero-order chi connectivity index (χ0) is 28.8. The highest BCUT2D eigenvalue weighted by molar-refractivity contribution is 5.94. The quantitative estimate of drug-likeness (QED) is 0.314. The molecule has 1 aliphatic heterocycles. The fourth-order valence-electron chi connectivity index (χ4n) is 8.70. The topological polar surface area (TPSA) is 174 Å². The molecule has 1 aromatic carbocycles. The van der Waals surface area contributed by atoms with Gasteiger partial charge >= 0.3 is 0 Å². The average molecular weight is 549 g/mol. The van der Waals surface area contributed by atoms with Gasteiger partial charge in [-0.05, 0) is 79.5 Å². The van der Waals surface area contributed by atoms with Gasteiger partial charge in [0.25, 0.3) is 0 Å². The van der Waals surface area contributed by atoms with Gasteiger partial charge in [0.15, 0.2) is 11.5 Å². The standard InChI is InChI=1S/C29H40O10/c1-12-14-6-7-19-27(3)9-16(32)21(13(2)31)28(27,4)10-20(33)29(19,5)15(14)8-17(22(12)34)38-26-25(37)24(36)23(35)18(11-30)39-26/h8,16,18-19,21,23-26,30,32,34-37H,6-7,9-11H2,1-5H3/t16-,18-,19+,21+,23-,24+,25-,26-,27+,28-,29+/m1/s1. The van der Waals surface area contributed by atoms with Gasteiger partial charge in [0.2, 0.25) is 6.29 Å². The minimum atomic E-state index is -1.67. The van der Waals surface area contributed by atoms with Crippen molar-refractivity contribution in [3.05, 3.63) is 22.8 Å². The number of aliphatic hydroxyl groups excluding tert-OH is 5. The average Bonchev–Trinajstić information content (AvgIpc) is 3.07. The van der Waals surface area contributed by atoms with Crippen molar-refractivity contribution in [2.24, 2.45) is 22.7 Å². The molecular weight excluding hydrogens is 508 g/mol. The van der Waals surface area contributed by atoms with E-state index in [1.54, 1.807) is 13.0 Å².